The predicted molar refractivity (Wildman–Crippen MR) is 97.0 cm³/mol. The molecule has 0 saturated carbocycles. The maximum absolute atomic E-state index is 12.4. The van der Waals surface area contributed by atoms with Gasteiger partial charge in [0.15, 0.2) is 0 Å². The number of anilines is 2. The summed E-state index contributed by atoms with van der Waals surface area (Å²) in [6.07, 6.45) is 1.48. The zero-order chi connectivity index (χ0) is 18.4. The van der Waals surface area contributed by atoms with E-state index in [4.69, 9.17) is 5.26 Å². The number of hydrogen-bond acceptors (Lipinski definition) is 6. The van der Waals surface area contributed by atoms with E-state index in [1.54, 1.807) is 24.3 Å². The van der Waals surface area contributed by atoms with Gasteiger partial charge in [0.2, 0.25) is 5.82 Å². The van der Waals surface area contributed by atoms with Crippen LogP contribution >= 0.6 is 0 Å². The number of aromatic nitrogens is 4. The van der Waals surface area contributed by atoms with Gasteiger partial charge in [-0.1, -0.05) is 24.3 Å². The smallest absolute Gasteiger partial charge is 0.255 e. The number of aromatic amines is 1. The maximum Gasteiger partial charge on any atom is 0.255 e. The van der Waals surface area contributed by atoms with Crippen LogP contribution in [0.5, 0.6) is 0 Å². The average Bonchev–Trinajstić information content (AvgIpc) is 3.17. The first-order valence-corrected chi connectivity index (χ1v) is 7.75. The van der Waals surface area contributed by atoms with Gasteiger partial charge in [-0.25, -0.2) is 0 Å². The number of H-pyrrole nitrogens is 1. The van der Waals surface area contributed by atoms with E-state index in [1.807, 2.05) is 37.3 Å². The summed E-state index contributed by atoms with van der Waals surface area (Å²) < 4.78 is 0. The number of hydrogen-bond donors (Lipinski definition) is 3. The lowest BCUT2D eigenvalue weighted by Gasteiger charge is -2.09. The topological polar surface area (TPSA) is 119 Å². The first kappa shape index (κ1) is 16.9. The summed E-state index contributed by atoms with van der Waals surface area (Å²) in [7, 11) is 0. The van der Waals surface area contributed by atoms with Crippen LogP contribution in [0.3, 0.4) is 0 Å². The fourth-order valence-corrected chi connectivity index (χ4v) is 2.29. The van der Waals surface area contributed by atoms with Gasteiger partial charge in [0, 0.05) is 23.1 Å². The molecule has 8 nitrogen and oxygen atoms in total. The molecule has 0 bridgehead atoms. The second-order valence-electron chi connectivity index (χ2n) is 5.40. The van der Waals surface area contributed by atoms with Crippen LogP contribution in [0.15, 0.2) is 54.7 Å². The summed E-state index contributed by atoms with van der Waals surface area (Å²) in [5.41, 5.74) is 3.09. The van der Waals surface area contributed by atoms with Crippen LogP contribution in [-0.4, -0.2) is 26.5 Å². The Labute approximate surface area is 149 Å². The number of amides is 1. The lowest BCUT2D eigenvalue weighted by atomic mass is 10.1. The molecule has 3 rings (SSSR count). The molecule has 0 atom stereocenters. The van der Waals surface area contributed by atoms with Crippen molar-refractivity contribution in [3.8, 4) is 6.07 Å². The normalized spacial score (nSPS) is 10.8. The standard InChI is InChI=1S/C18H15N7O/c1-12-5-2-3-8-16(12)18(26)21-15-7-4-6-14(9-15)20-11-13(10-19)17-22-24-25-23-17/h2-9,11,20H,1H3,(H,21,26)(H,22,23,24,25). The fraction of sp³-hybridized carbons (Fsp3) is 0.0556. The van der Waals surface area contributed by atoms with E-state index in [-0.39, 0.29) is 17.3 Å². The summed E-state index contributed by atoms with van der Waals surface area (Å²) in [6, 6.07) is 16.5. The van der Waals surface area contributed by atoms with Crippen LogP contribution in [0, 0.1) is 18.3 Å². The van der Waals surface area contributed by atoms with E-state index in [9.17, 15) is 4.79 Å². The molecule has 0 spiro atoms. The van der Waals surface area contributed by atoms with E-state index in [1.165, 1.54) is 6.20 Å². The average molecular weight is 345 g/mol. The first-order chi connectivity index (χ1) is 12.7. The Morgan fingerprint density at radius 3 is 2.73 bits per heavy atom. The van der Waals surface area contributed by atoms with E-state index in [2.05, 4.69) is 31.3 Å². The molecule has 0 aliphatic heterocycles. The summed E-state index contributed by atoms with van der Waals surface area (Å²) in [4.78, 5) is 12.4. The Bertz CT molecular complexity index is 987. The van der Waals surface area contributed by atoms with E-state index in [0.29, 0.717) is 16.9 Å². The fourth-order valence-electron chi connectivity index (χ4n) is 2.29. The quantitative estimate of drug-likeness (QED) is 0.612. The molecule has 0 saturated heterocycles. The molecule has 1 heterocycles. The summed E-state index contributed by atoms with van der Waals surface area (Å²) in [5.74, 6) is 0.0179. The summed E-state index contributed by atoms with van der Waals surface area (Å²) in [6.45, 7) is 1.89. The number of tetrazole rings is 1. The van der Waals surface area contributed by atoms with Crippen LogP contribution in [0.1, 0.15) is 21.7 Å². The van der Waals surface area contributed by atoms with Crippen molar-refractivity contribution in [3.63, 3.8) is 0 Å². The van der Waals surface area contributed by atoms with Gasteiger partial charge in [0.1, 0.15) is 11.6 Å². The van der Waals surface area contributed by atoms with Crippen molar-refractivity contribution in [2.45, 2.75) is 6.92 Å². The molecule has 1 aromatic heterocycles. The van der Waals surface area contributed by atoms with Gasteiger partial charge in [0.05, 0.1) is 0 Å². The SMILES string of the molecule is Cc1ccccc1C(=O)Nc1cccc(NC=C(C#N)c2nn[nH]n2)c1. The number of carbonyl (C=O) groups excluding carboxylic acids is 1. The Kier molecular flexibility index (Phi) is 5.00. The summed E-state index contributed by atoms with van der Waals surface area (Å²) in [5, 5.41) is 28.3. The molecule has 26 heavy (non-hydrogen) atoms. The van der Waals surface area contributed by atoms with Crippen LogP contribution in [-0.2, 0) is 0 Å². The zero-order valence-corrected chi connectivity index (χ0v) is 13.9. The largest absolute Gasteiger partial charge is 0.360 e. The molecule has 0 unspecified atom stereocenters. The highest BCUT2D eigenvalue weighted by atomic mass is 16.1. The molecule has 0 radical (unpaired) electrons. The third-order valence-electron chi connectivity index (χ3n) is 3.60. The van der Waals surface area contributed by atoms with Crippen molar-refractivity contribution >= 4 is 22.9 Å². The number of rotatable bonds is 5. The van der Waals surface area contributed by atoms with Gasteiger partial charge in [-0.05, 0) is 42.0 Å². The molecule has 1 amide bonds. The van der Waals surface area contributed by atoms with E-state index < -0.39 is 0 Å². The maximum atomic E-state index is 12.4. The predicted octanol–water partition coefficient (Wildman–Crippen LogP) is 2.74. The van der Waals surface area contributed by atoms with Crippen molar-refractivity contribution in [2.24, 2.45) is 0 Å². The third kappa shape index (κ3) is 3.91. The summed E-state index contributed by atoms with van der Waals surface area (Å²) >= 11 is 0. The molecule has 3 aromatic rings. The van der Waals surface area contributed by atoms with E-state index >= 15 is 0 Å². The molecular weight excluding hydrogens is 330 g/mol. The Morgan fingerprint density at radius 1 is 1.19 bits per heavy atom. The molecular formula is C18H15N7O. The van der Waals surface area contributed by atoms with Crippen LogP contribution in [0.2, 0.25) is 0 Å². The van der Waals surface area contributed by atoms with Gasteiger partial charge in [-0.2, -0.15) is 10.5 Å². The molecule has 0 aliphatic rings. The number of carbonyl (C=O) groups is 1. The van der Waals surface area contributed by atoms with Crippen molar-refractivity contribution in [2.75, 3.05) is 10.6 Å². The number of aryl methyl sites for hydroxylation is 1. The monoisotopic (exact) mass is 345 g/mol. The van der Waals surface area contributed by atoms with Crippen LogP contribution in [0.25, 0.3) is 5.57 Å². The molecule has 3 N–H and O–H groups in total. The molecule has 8 heteroatoms. The minimum absolute atomic E-state index is 0.180. The van der Waals surface area contributed by atoms with E-state index in [0.717, 1.165) is 5.56 Å². The number of benzene rings is 2. The zero-order valence-electron chi connectivity index (χ0n) is 13.9. The van der Waals surface area contributed by atoms with Crippen molar-refractivity contribution in [3.05, 3.63) is 71.7 Å². The highest BCUT2D eigenvalue weighted by molar-refractivity contribution is 6.05. The third-order valence-corrected chi connectivity index (χ3v) is 3.60. The highest BCUT2D eigenvalue weighted by Crippen LogP contribution is 2.18. The van der Waals surface area contributed by atoms with Gasteiger partial charge in [-0.15, -0.1) is 10.2 Å². The van der Waals surface area contributed by atoms with Gasteiger partial charge in [-0.3, -0.25) is 4.79 Å². The Hall–Kier alpha value is -3.99. The van der Waals surface area contributed by atoms with Crippen molar-refractivity contribution in [1.82, 2.24) is 20.6 Å². The second kappa shape index (κ2) is 7.72. The van der Waals surface area contributed by atoms with Gasteiger partial charge in [0.25, 0.3) is 5.91 Å². The van der Waals surface area contributed by atoms with Gasteiger partial charge >= 0.3 is 0 Å². The lowest BCUT2D eigenvalue weighted by Crippen LogP contribution is -2.13. The minimum Gasteiger partial charge on any atom is -0.360 e. The molecule has 2 aromatic carbocycles. The number of nitrogens with zero attached hydrogens (tertiary/aromatic N) is 4. The molecule has 0 aliphatic carbocycles. The number of nitriles is 1. The highest BCUT2D eigenvalue weighted by Gasteiger charge is 2.09. The molecule has 0 fully saturated rings. The molecule has 128 valence electrons. The number of nitrogens with one attached hydrogen (secondary N) is 3. The van der Waals surface area contributed by atoms with Crippen molar-refractivity contribution < 1.29 is 4.79 Å². The second-order valence-corrected chi connectivity index (χ2v) is 5.40. The van der Waals surface area contributed by atoms with Crippen molar-refractivity contribution in [1.29, 1.82) is 5.26 Å². The van der Waals surface area contributed by atoms with Gasteiger partial charge < -0.3 is 10.6 Å². The van der Waals surface area contributed by atoms with Crippen LogP contribution in [0.4, 0.5) is 11.4 Å². The lowest BCUT2D eigenvalue weighted by molar-refractivity contribution is 0.102. The Morgan fingerprint density at radius 2 is 2.00 bits per heavy atom. The number of allylic oxidation sites excluding steroid dienone is 1. The first-order valence-electron chi connectivity index (χ1n) is 7.75. The Balaban J connectivity index is 1.73. The minimum atomic E-state index is -0.180. The van der Waals surface area contributed by atoms with Crippen LogP contribution < -0.4 is 10.6 Å².